The molecule has 0 N–H and O–H groups in total. The highest BCUT2D eigenvalue weighted by Crippen LogP contribution is 2.20. The van der Waals surface area contributed by atoms with E-state index in [1.165, 1.54) is 11.8 Å². The Balaban J connectivity index is 1.83. The van der Waals surface area contributed by atoms with Crippen LogP contribution < -0.4 is 0 Å². The second-order valence-electron chi connectivity index (χ2n) is 4.22. The van der Waals surface area contributed by atoms with Gasteiger partial charge in [-0.1, -0.05) is 16.8 Å². The average Bonchev–Trinajstić information content (AvgIpc) is 2.83. The highest BCUT2D eigenvalue weighted by atomic mass is 35.5. The van der Waals surface area contributed by atoms with Crippen molar-refractivity contribution in [1.29, 1.82) is 0 Å². The van der Waals surface area contributed by atoms with Gasteiger partial charge in [0.2, 0.25) is 11.8 Å². The van der Waals surface area contributed by atoms with Crippen LogP contribution in [0.5, 0.6) is 0 Å². The number of aryl methyl sites for hydroxylation is 1. The van der Waals surface area contributed by atoms with Crippen LogP contribution in [0.4, 0.5) is 0 Å². The van der Waals surface area contributed by atoms with Gasteiger partial charge in [0.25, 0.3) is 0 Å². The van der Waals surface area contributed by atoms with E-state index < -0.39 is 0 Å². The Morgan fingerprint density at radius 2 is 2.10 bits per heavy atom. The minimum absolute atomic E-state index is 0.00685. The number of hydrogen-bond acceptors (Lipinski definition) is 5. The molecule has 5 nitrogen and oxygen atoms in total. The molecule has 1 amide bonds. The summed E-state index contributed by atoms with van der Waals surface area (Å²) in [6, 6.07) is 7.39. The number of halogens is 1. The molecule has 2 aromatic rings. The second-order valence-corrected chi connectivity index (χ2v) is 5.71. The van der Waals surface area contributed by atoms with Crippen molar-refractivity contribution in [1.82, 2.24) is 15.0 Å². The summed E-state index contributed by atoms with van der Waals surface area (Å²) in [5, 5.41) is 4.45. The number of rotatable bonds is 5. The summed E-state index contributed by atoms with van der Waals surface area (Å²) in [4.78, 5) is 18.6. The zero-order valence-corrected chi connectivity index (χ0v) is 12.7. The molecule has 0 aliphatic rings. The fraction of sp³-hybridized carbons (Fsp3) is 0.308. The van der Waals surface area contributed by atoms with Crippen LogP contribution in [0.1, 0.15) is 11.7 Å². The zero-order chi connectivity index (χ0) is 14.5. The van der Waals surface area contributed by atoms with Gasteiger partial charge >= 0.3 is 0 Å². The molecule has 0 radical (unpaired) electrons. The molecular formula is C13H14ClN3O2S. The van der Waals surface area contributed by atoms with Crippen molar-refractivity contribution in [2.24, 2.45) is 0 Å². The molecule has 0 fully saturated rings. The summed E-state index contributed by atoms with van der Waals surface area (Å²) < 4.78 is 4.87. The van der Waals surface area contributed by atoms with Crippen molar-refractivity contribution >= 4 is 29.3 Å². The van der Waals surface area contributed by atoms with E-state index >= 15 is 0 Å². The lowest BCUT2D eigenvalue weighted by Gasteiger charge is -2.14. The predicted molar refractivity (Wildman–Crippen MR) is 77.7 cm³/mol. The molecule has 0 unspecified atom stereocenters. The van der Waals surface area contributed by atoms with E-state index in [0.29, 0.717) is 29.0 Å². The molecule has 0 spiro atoms. The van der Waals surface area contributed by atoms with Gasteiger partial charge in [-0.3, -0.25) is 4.79 Å². The molecule has 20 heavy (non-hydrogen) atoms. The number of amides is 1. The smallest absolute Gasteiger partial charge is 0.233 e. The van der Waals surface area contributed by atoms with E-state index in [1.807, 2.05) is 12.1 Å². The Morgan fingerprint density at radius 1 is 1.40 bits per heavy atom. The number of nitrogens with zero attached hydrogens (tertiary/aromatic N) is 3. The molecule has 0 bridgehead atoms. The van der Waals surface area contributed by atoms with Gasteiger partial charge in [0.1, 0.15) is 0 Å². The number of benzene rings is 1. The lowest BCUT2D eigenvalue weighted by Crippen LogP contribution is -2.28. The van der Waals surface area contributed by atoms with Gasteiger partial charge in [0, 0.05) is 23.9 Å². The van der Waals surface area contributed by atoms with Gasteiger partial charge in [0.05, 0.1) is 12.3 Å². The van der Waals surface area contributed by atoms with E-state index in [2.05, 4.69) is 10.1 Å². The van der Waals surface area contributed by atoms with Gasteiger partial charge < -0.3 is 9.42 Å². The zero-order valence-electron chi connectivity index (χ0n) is 11.2. The first-order valence-corrected chi connectivity index (χ1v) is 7.32. The molecule has 1 heterocycles. The first-order valence-electron chi connectivity index (χ1n) is 5.96. The quantitative estimate of drug-likeness (QED) is 0.795. The summed E-state index contributed by atoms with van der Waals surface area (Å²) in [5.41, 5.74) is 0. The molecule has 1 aromatic carbocycles. The van der Waals surface area contributed by atoms with E-state index in [-0.39, 0.29) is 5.91 Å². The summed E-state index contributed by atoms with van der Waals surface area (Å²) in [6.45, 7) is 2.06. The fourth-order valence-corrected chi connectivity index (χ4v) is 2.46. The van der Waals surface area contributed by atoms with Crippen molar-refractivity contribution in [3.63, 3.8) is 0 Å². The van der Waals surface area contributed by atoms with Crippen LogP contribution in [-0.4, -0.2) is 33.7 Å². The molecular weight excluding hydrogens is 298 g/mol. The van der Waals surface area contributed by atoms with E-state index in [0.717, 1.165) is 4.90 Å². The summed E-state index contributed by atoms with van der Waals surface area (Å²) in [7, 11) is 1.72. The largest absolute Gasteiger partial charge is 0.340 e. The van der Waals surface area contributed by atoms with Crippen molar-refractivity contribution in [3.8, 4) is 0 Å². The molecule has 0 saturated heterocycles. The highest BCUT2D eigenvalue weighted by Gasteiger charge is 2.12. The first kappa shape index (κ1) is 14.9. The van der Waals surface area contributed by atoms with Crippen LogP contribution in [-0.2, 0) is 11.3 Å². The molecule has 0 aliphatic heterocycles. The lowest BCUT2D eigenvalue weighted by atomic mass is 10.4. The monoisotopic (exact) mass is 311 g/mol. The lowest BCUT2D eigenvalue weighted by molar-refractivity contribution is -0.127. The van der Waals surface area contributed by atoms with Crippen LogP contribution in [0, 0.1) is 6.92 Å². The van der Waals surface area contributed by atoms with Crippen molar-refractivity contribution in [3.05, 3.63) is 41.0 Å². The predicted octanol–water partition coefficient (Wildman–Crippen LogP) is 2.78. The van der Waals surface area contributed by atoms with Crippen molar-refractivity contribution < 1.29 is 9.32 Å². The number of thioether (sulfide) groups is 1. The topological polar surface area (TPSA) is 59.2 Å². The molecule has 2 rings (SSSR count). The van der Waals surface area contributed by atoms with E-state index in [9.17, 15) is 4.79 Å². The Labute approximate surface area is 126 Å². The summed E-state index contributed by atoms with van der Waals surface area (Å²) in [6.07, 6.45) is 0. The van der Waals surface area contributed by atoms with Crippen LogP contribution >= 0.6 is 23.4 Å². The third kappa shape index (κ3) is 4.25. The molecule has 7 heteroatoms. The Kier molecular flexibility index (Phi) is 5.03. The number of hydrogen-bond donors (Lipinski definition) is 0. The maximum absolute atomic E-state index is 12.0. The molecule has 106 valence electrons. The summed E-state index contributed by atoms with van der Waals surface area (Å²) in [5.74, 6) is 1.37. The maximum atomic E-state index is 12.0. The Bertz CT molecular complexity index is 586. The normalized spacial score (nSPS) is 10.6. The first-order chi connectivity index (χ1) is 9.54. The van der Waals surface area contributed by atoms with Crippen molar-refractivity contribution in [2.45, 2.75) is 18.4 Å². The number of carbonyl (C=O) groups excluding carboxylic acids is 1. The highest BCUT2D eigenvalue weighted by molar-refractivity contribution is 8.00. The number of aromatic nitrogens is 2. The maximum Gasteiger partial charge on any atom is 0.233 e. The van der Waals surface area contributed by atoms with Crippen LogP contribution in [0.15, 0.2) is 33.7 Å². The second kappa shape index (κ2) is 6.76. The summed E-state index contributed by atoms with van der Waals surface area (Å²) >= 11 is 7.28. The van der Waals surface area contributed by atoms with E-state index in [1.54, 1.807) is 31.0 Å². The third-order valence-electron chi connectivity index (χ3n) is 2.55. The SMILES string of the molecule is Cc1nc(CN(C)C(=O)CSc2ccc(Cl)cc2)no1. The standard InChI is InChI=1S/C13H14ClN3O2S/c1-9-15-12(16-19-9)7-17(2)13(18)8-20-11-5-3-10(14)4-6-11/h3-6H,7-8H2,1-2H3. The molecule has 0 atom stereocenters. The van der Waals surface area contributed by atoms with Gasteiger partial charge in [-0.25, -0.2) is 0 Å². The Morgan fingerprint density at radius 3 is 2.70 bits per heavy atom. The Hall–Kier alpha value is -1.53. The van der Waals surface area contributed by atoms with Crippen molar-refractivity contribution in [2.75, 3.05) is 12.8 Å². The van der Waals surface area contributed by atoms with E-state index in [4.69, 9.17) is 16.1 Å². The third-order valence-corrected chi connectivity index (χ3v) is 3.80. The van der Waals surface area contributed by atoms with Gasteiger partial charge in [-0.05, 0) is 24.3 Å². The van der Waals surface area contributed by atoms with Crippen LogP contribution in [0.2, 0.25) is 5.02 Å². The minimum Gasteiger partial charge on any atom is -0.340 e. The average molecular weight is 312 g/mol. The molecule has 0 saturated carbocycles. The van der Waals surface area contributed by atoms with Crippen LogP contribution in [0.25, 0.3) is 0 Å². The molecule has 1 aromatic heterocycles. The minimum atomic E-state index is 0.00685. The molecule has 0 aliphatic carbocycles. The fourth-order valence-electron chi connectivity index (χ4n) is 1.49. The number of carbonyl (C=O) groups is 1. The van der Waals surface area contributed by atoms with Gasteiger partial charge in [0.15, 0.2) is 5.82 Å². The van der Waals surface area contributed by atoms with Gasteiger partial charge in [-0.15, -0.1) is 11.8 Å². The van der Waals surface area contributed by atoms with Gasteiger partial charge in [-0.2, -0.15) is 4.98 Å². The van der Waals surface area contributed by atoms with Crippen LogP contribution in [0.3, 0.4) is 0 Å².